The van der Waals surface area contributed by atoms with Gasteiger partial charge in [0.25, 0.3) is 0 Å². The third kappa shape index (κ3) is 2.72. The third-order valence-corrected chi connectivity index (χ3v) is 5.18. The highest BCUT2D eigenvalue weighted by Gasteiger charge is 2.16. The van der Waals surface area contributed by atoms with Gasteiger partial charge in [-0.15, -0.1) is 0 Å². The fourth-order valence-electron chi connectivity index (χ4n) is 2.56. The zero-order chi connectivity index (χ0) is 14.1. The second-order valence-electron chi connectivity index (χ2n) is 5.19. The average molecular weight is 352 g/mol. The minimum Gasteiger partial charge on any atom is -0.493 e. The Labute approximate surface area is 133 Å². The Morgan fingerprint density at radius 3 is 2.70 bits per heavy atom. The Balaban J connectivity index is 1.93. The van der Waals surface area contributed by atoms with Gasteiger partial charge in [0.1, 0.15) is 5.75 Å². The number of ether oxygens (including phenoxy) is 1. The Morgan fingerprint density at radius 2 is 1.90 bits per heavy atom. The molecule has 0 amide bonds. The van der Waals surface area contributed by atoms with Crippen molar-refractivity contribution in [2.24, 2.45) is 0 Å². The van der Waals surface area contributed by atoms with Gasteiger partial charge in [-0.1, -0.05) is 51.8 Å². The van der Waals surface area contributed by atoms with Crippen molar-refractivity contribution in [2.45, 2.75) is 24.6 Å². The molecule has 0 bridgehead atoms. The van der Waals surface area contributed by atoms with Crippen LogP contribution in [0, 0.1) is 6.92 Å². The summed E-state index contributed by atoms with van der Waals surface area (Å²) in [4.78, 5) is 0.186. The van der Waals surface area contributed by atoms with Crippen LogP contribution < -0.4 is 4.74 Å². The Kier molecular flexibility index (Phi) is 4.04. The van der Waals surface area contributed by atoms with Gasteiger partial charge in [0, 0.05) is 5.02 Å². The monoisotopic (exact) mass is 350 g/mol. The maximum atomic E-state index is 6.09. The van der Waals surface area contributed by atoms with Crippen molar-refractivity contribution in [3.05, 3.63) is 63.7 Å². The lowest BCUT2D eigenvalue weighted by molar-refractivity contribution is 0.288. The standard InChI is InChI=1S/C17H16BrClO/c1-11-9-13(4-6-15(11)19)17(18)14-5-7-16-12(10-14)3-2-8-20-16/h4-7,9-10,17H,2-3,8H2,1H3. The van der Waals surface area contributed by atoms with Crippen molar-refractivity contribution in [1.29, 1.82) is 0 Å². The van der Waals surface area contributed by atoms with E-state index in [0.717, 1.165) is 35.8 Å². The quantitative estimate of drug-likeness (QED) is 0.653. The molecule has 0 saturated carbocycles. The minimum atomic E-state index is 0.186. The summed E-state index contributed by atoms with van der Waals surface area (Å²) in [6, 6.07) is 12.6. The summed E-state index contributed by atoms with van der Waals surface area (Å²) in [6.07, 6.45) is 2.20. The van der Waals surface area contributed by atoms with Gasteiger partial charge < -0.3 is 4.74 Å². The van der Waals surface area contributed by atoms with E-state index in [0.29, 0.717) is 0 Å². The molecule has 3 rings (SSSR count). The van der Waals surface area contributed by atoms with Gasteiger partial charge in [-0.2, -0.15) is 0 Å². The van der Waals surface area contributed by atoms with Crippen LogP contribution in [0.25, 0.3) is 0 Å². The molecule has 0 N–H and O–H groups in total. The second-order valence-corrected chi connectivity index (χ2v) is 6.51. The van der Waals surface area contributed by atoms with Crippen LogP contribution in [0.4, 0.5) is 0 Å². The van der Waals surface area contributed by atoms with Gasteiger partial charge in [0.15, 0.2) is 0 Å². The smallest absolute Gasteiger partial charge is 0.122 e. The van der Waals surface area contributed by atoms with Crippen LogP contribution in [0.1, 0.15) is 33.5 Å². The molecule has 1 nitrogen and oxygen atoms in total. The molecule has 2 aromatic rings. The molecule has 0 aliphatic carbocycles. The highest BCUT2D eigenvalue weighted by molar-refractivity contribution is 9.09. The normalized spacial score (nSPS) is 15.3. The van der Waals surface area contributed by atoms with Crippen molar-refractivity contribution < 1.29 is 4.74 Å². The highest BCUT2D eigenvalue weighted by Crippen LogP contribution is 2.35. The van der Waals surface area contributed by atoms with Crippen molar-refractivity contribution in [2.75, 3.05) is 6.61 Å². The first-order chi connectivity index (χ1) is 9.65. The van der Waals surface area contributed by atoms with E-state index in [1.165, 1.54) is 16.7 Å². The molecule has 0 fully saturated rings. The number of rotatable bonds is 2. The predicted octanol–water partition coefficient (Wildman–Crippen LogP) is 5.46. The molecule has 1 aliphatic rings. The lowest BCUT2D eigenvalue weighted by Gasteiger charge is -2.19. The molecule has 1 unspecified atom stereocenters. The lowest BCUT2D eigenvalue weighted by Crippen LogP contribution is -2.08. The first-order valence-corrected chi connectivity index (χ1v) is 8.10. The SMILES string of the molecule is Cc1cc(C(Br)c2ccc3c(c2)CCCO3)ccc1Cl. The predicted molar refractivity (Wildman–Crippen MR) is 87.2 cm³/mol. The number of benzene rings is 2. The van der Waals surface area contributed by atoms with Gasteiger partial charge in [0.2, 0.25) is 0 Å². The number of alkyl halides is 1. The summed E-state index contributed by atoms with van der Waals surface area (Å²) < 4.78 is 5.67. The topological polar surface area (TPSA) is 9.23 Å². The first-order valence-electron chi connectivity index (χ1n) is 6.81. The van der Waals surface area contributed by atoms with Crippen LogP contribution in [-0.4, -0.2) is 6.61 Å². The highest BCUT2D eigenvalue weighted by atomic mass is 79.9. The van der Waals surface area contributed by atoms with Gasteiger partial charge >= 0.3 is 0 Å². The molecule has 1 atom stereocenters. The van der Waals surface area contributed by atoms with Crippen molar-refractivity contribution in [3.8, 4) is 5.75 Å². The molecule has 1 aliphatic heterocycles. The fourth-order valence-corrected chi connectivity index (χ4v) is 3.24. The van der Waals surface area contributed by atoms with Gasteiger partial charge in [-0.05, 0) is 54.2 Å². The second kappa shape index (κ2) is 5.79. The molecular formula is C17H16BrClO. The number of hydrogen-bond acceptors (Lipinski definition) is 1. The first kappa shape index (κ1) is 14.0. The molecule has 1 heterocycles. The van der Waals surface area contributed by atoms with E-state index in [-0.39, 0.29) is 4.83 Å². The molecule has 2 aromatic carbocycles. The summed E-state index contributed by atoms with van der Waals surface area (Å²) in [5, 5.41) is 0.812. The van der Waals surface area contributed by atoms with Crippen LogP contribution >= 0.6 is 27.5 Å². The largest absolute Gasteiger partial charge is 0.493 e. The Hall–Kier alpha value is -0.990. The molecule has 20 heavy (non-hydrogen) atoms. The fraction of sp³-hybridized carbons (Fsp3) is 0.294. The summed E-state index contributed by atoms with van der Waals surface area (Å²) in [5.41, 5.74) is 4.90. The van der Waals surface area contributed by atoms with Crippen molar-refractivity contribution in [1.82, 2.24) is 0 Å². The van der Waals surface area contributed by atoms with Crippen molar-refractivity contribution >= 4 is 27.5 Å². The molecule has 0 spiro atoms. The van der Waals surface area contributed by atoms with E-state index in [4.69, 9.17) is 16.3 Å². The third-order valence-electron chi connectivity index (χ3n) is 3.70. The van der Waals surface area contributed by atoms with E-state index >= 15 is 0 Å². The van der Waals surface area contributed by atoms with E-state index < -0.39 is 0 Å². The molecule has 0 aromatic heterocycles. The van der Waals surface area contributed by atoms with Gasteiger partial charge in [-0.3, -0.25) is 0 Å². The lowest BCUT2D eigenvalue weighted by atomic mass is 9.98. The Bertz CT molecular complexity index is 639. The molecule has 3 heteroatoms. The maximum absolute atomic E-state index is 6.09. The van der Waals surface area contributed by atoms with Crippen molar-refractivity contribution in [3.63, 3.8) is 0 Å². The summed E-state index contributed by atoms with van der Waals surface area (Å²) in [7, 11) is 0. The zero-order valence-electron chi connectivity index (χ0n) is 11.3. The van der Waals surface area contributed by atoms with Crippen LogP contribution in [0.15, 0.2) is 36.4 Å². The summed E-state index contributed by atoms with van der Waals surface area (Å²) in [5.74, 6) is 1.03. The van der Waals surface area contributed by atoms with Crippen LogP contribution in [0.3, 0.4) is 0 Å². The van der Waals surface area contributed by atoms with E-state index in [1.54, 1.807) is 0 Å². The van der Waals surface area contributed by atoms with Crippen LogP contribution in [0.2, 0.25) is 5.02 Å². The molecule has 0 radical (unpaired) electrons. The van der Waals surface area contributed by atoms with E-state index in [2.05, 4.69) is 46.3 Å². The maximum Gasteiger partial charge on any atom is 0.122 e. The van der Waals surface area contributed by atoms with Gasteiger partial charge in [-0.25, -0.2) is 0 Å². The number of halogens is 2. The molecular weight excluding hydrogens is 336 g/mol. The molecule has 104 valence electrons. The Morgan fingerprint density at radius 1 is 1.15 bits per heavy atom. The number of fused-ring (bicyclic) bond motifs is 1. The van der Waals surface area contributed by atoms with Gasteiger partial charge in [0.05, 0.1) is 11.4 Å². The van der Waals surface area contributed by atoms with Crippen LogP contribution in [-0.2, 0) is 6.42 Å². The van der Waals surface area contributed by atoms with Crippen LogP contribution in [0.5, 0.6) is 5.75 Å². The molecule has 0 saturated heterocycles. The average Bonchev–Trinajstić information content (AvgIpc) is 2.49. The number of aryl methyl sites for hydroxylation is 2. The zero-order valence-corrected chi connectivity index (χ0v) is 13.7. The minimum absolute atomic E-state index is 0.186. The number of hydrogen-bond donors (Lipinski definition) is 0. The summed E-state index contributed by atoms with van der Waals surface area (Å²) >= 11 is 9.89. The summed E-state index contributed by atoms with van der Waals surface area (Å²) in [6.45, 7) is 2.87. The van der Waals surface area contributed by atoms with E-state index in [1.807, 2.05) is 13.0 Å². The van der Waals surface area contributed by atoms with E-state index in [9.17, 15) is 0 Å².